The summed E-state index contributed by atoms with van der Waals surface area (Å²) >= 11 is 0. The highest BCUT2D eigenvalue weighted by molar-refractivity contribution is 5.59. The number of hydrogen-bond acceptors (Lipinski definition) is 5. The van der Waals surface area contributed by atoms with E-state index < -0.39 is 0 Å². The predicted octanol–water partition coefficient (Wildman–Crippen LogP) is 3.86. The van der Waals surface area contributed by atoms with Gasteiger partial charge in [-0.05, 0) is 54.6 Å². The fraction of sp³-hybridized carbons (Fsp3) is 0. The first kappa shape index (κ1) is 14.9. The van der Waals surface area contributed by atoms with Crippen molar-refractivity contribution in [2.45, 2.75) is 0 Å². The first-order valence-electron chi connectivity index (χ1n) is 7.50. The molecule has 0 aliphatic carbocycles. The number of H-pyrrole nitrogens is 1. The van der Waals surface area contributed by atoms with Crippen molar-refractivity contribution in [1.29, 1.82) is 0 Å². The molecule has 122 valence electrons. The van der Waals surface area contributed by atoms with Crippen LogP contribution in [-0.2, 0) is 0 Å². The molecule has 0 saturated carbocycles. The zero-order valence-corrected chi connectivity index (χ0v) is 12.9. The van der Waals surface area contributed by atoms with E-state index in [1.807, 2.05) is 24.3 Å². The minimum absolute atomic E-state index is 0.300. The Balaban J connectivity index is 1.56. The van der Waals surface area contributed by atoms with Crippen LogP contribution in [0, 0.1) is 5.82 Å². The molecule has 0 amide bonds. The summed E-state index contributed by atoms with van der Waals surface area (Å²) < 4.78 is 18.6. The van der Waals surface area contributed by atoms with Crippen molar-refractivity contribution in [2.24, 2.45) is 0 Å². The van der Waals surface area contributed by atoms with E-state index in [-0.39, 0.29) is 5.82 Å². The zero-order chi connectivity index (χ0) is 17.1. The Morgan fingerprint density at radius 2 is 1.56 bits per heavy atom. The largest absolute Gasteiger partial charge is 0.457 e. The van der Waals surface area contributed by atoms with Gasteiger partial charge < -0.3 is 4.74 Å². The van der Waals surface area contributed by atoms with Gasteiger partial charge in [-0.15, -0.1) is 0 Å². The summed E-state index contributed by atoms with van der Waals surface area (Å²) in [5.74, 6) is 2.06. The molecule has 7 heteroatoms. The van der Waals surface area contributed by atoms with Crippen molar-refractivity contribution in [3.63, 3.8) is 0 Å². The van der Waals surface area contributed by atoms with Crippen LogP contribution in [0.2, 0.25) is 0 Å². The lowest BCUT2D eigenvalue weighted by Crippen LogP contribution is -1.93. The number of halogens is 1. The Bertz CT molecular complexity index is 969. The van der Waals surface area contributed by atoms with E-state index in [0.29, 0.717) is 28.8 Å². The van der Waals surface area contributed by atoms with Crippen molar-refractivity contribution >= 4 is 0 Å². The second-order valence-electron chi connectivity index (χ2n) is 5.18. The lowest BCUT2D eigenvalue weighted by atomic mass is 10.2. The standard InChI is InChI=1S/C18H12FN5O/c19-13-3-7-15(8-4-13)25-14-5-1-12(2-6-14)17-20-10-9-16(23-17)18-21-11-22-24-18/h1-11H,(H,21,22,24). The fourth-order valence-electron chi connectivity index (χ4n) is 2.27. The predicted molar refractivity (Wildman–Crippen MR) is 89.3 cm³/mol. The van der Waals surface area contributed by atoms with Crippen LogP contribution in [0.1, 0.15) is 0 Å². The molecule has 0 saturated heterocycles. The van der Waals surface area contributed by atoms with Gasteiger partial charge in [0.25, 0.3) is 0 Å². The number of aromatic nitrogens is 5. The van der Waals surface area contributed by atoms with Gasteiger partial charge in [0.1, 0.15) is 29.3 Å². The molecule has 0 aliphatic rings. The van der Waals surface area contributed by atoms with Gasteiger partial charge in [-0.25, -0.2) is 19.3 Å². The highest BCUT2D eigenvalue weighted by Gasteiger charge is 2.07. The minimum Gasteiger partial charge on any atom is -0.457 e. The van der Waals surface area contributed by atoms with E-state index in [2.05, 4.69) is 25.1 Å². The number of aromatic amines is 1. The molecule has 4 aromatic rings. The minimum atomic E-state index is -0.300. The molecular formula is C18H12FN5O. The second-order valence-corrected chi connectivity index (χ2v) is 5.18. The fourth-order valence-corrected chi connectivity index (χ4v) is 2.27. The summed E-state index contributed by atoms with van der Waals surface area (Å²) in [5.41, 5.74) is 1.50. The molecular weight excluding hydrogens is 321 g/mol. The number of ether oxygens (including phenoxy) is 1. The van der Waals surface area contributed by atoms with Crippen molar-refractivity contribution in [1.82, 2.24) is 25.1 Å². The molecule has 0 bridgehead atoms. The first-order chi connectivity index (χ1) is 12.3. The van der Waals surface area contributed by atoms with E-state index in [0.717, 1.165) is 5.56 Å². The smallest absolute Gasteiger partial charge is 0.174 e. The lowest BCUT2D eigenvalue weighted by Gasteiger charge is -2.07. The average Bonchev–Trinajstić information content (AvgIpc) is 3.19. The second kappa shape index (κ2) is 6.48. The molecule has 0 atom stereocenters. The molecule has 1 N–H and O–H groups in total. The molecule has 0 spiro atoms. The summed E-state index contributed by atoms with van der Waals surface area (Å²) in [4.78, 5) is 12.9. The van der Waals surface area contributed by atoms with Crippen LogP contribution in [0.15, 0.2) is 67.1 Å². The molecule has 2 aromatic carbocycles. The first-order valence-corrected chi connectivity index (χ1v) is 7.50. The van der Waals surface area contributed by atoms with Gasteiger partial charge in [0.2, 0.25) is 0 Å². The maximum atomic E-state index is 12.9. The topological polar surface area (TPSA) is 76.6 Å². The Labute approximate surface area is 142 Å². The molecule has 0 radical (unpaired) electrons. The van der Waals surface area contributed by atoms with Gasteiger partial charge in [0.05, 0.1) is 0 Å². The van der Waals surface area contributed by atoms with Gasteiger partial charge in [-0.2, -0.15) is 5.10 Å². The Morgan fingerprint density at radius 1 is 0.840 bits per heavy atom. The average molecular weight is 333 g/mol. The highest BCUT2D eigenvalue weighted by atomic mass is 19.1. The summed E-state index contributed by atoms with van der Waals surface area (Å²) in [5, 5.41) is 6.60. The Morgan fingerprint density at radius 3 is 2.24 bits per heavy atom. The molecule has 6 nitrogen and oxygen atoms in total. The molecule has 0 fully saturated rings. The van der Waals surface area contributed by atoms with Crippen molar-refractivity contribution in [2.75, 3.05) is 0 Å². The lowest BCUT2D eigenvalue weighted by molar-refractivity contribution is 0.480. The van der Waals surface area contributed by atoms with Gasteiger partial charge >= 0.3 is 0 Å². The zero-order valence-electron chi connectivity index (χ0n) is 12.9. The monoisotopic (exact) mass is 333 g/mol. The van der Waals surface area contributed by atoms with Gasteiger partial charge in [0.15, 0.2) is 11.6 Å². The van der Waals surface area contributed by atoms with Crippen LogP contribution in [0.4, 0.5) is 4.39 Å². The maximum absolute atomic E-state index is 12.9. The normalized spacial score (nSPS) is 10.6. The Hall–Kier alpha value is -3.61. The number of nitrogens with zero attached hydrogens (tertiary/aromatic N) is 4. The van der Waals surface area contributed by atoms with Gasteiger partial charge in [-0.1, -0.05) is 0 Å². The van der Waals surface area contributed by atoms with Crippen molar-refractivity contribution in [3.8, 4) is 34.4 Å². The summed E-state index contributed by atoms with van der Waals surface area (Å²) in [6, 6.07) is 15.0. The van der Waals surface area contributed by atoms with E-state index in [1.54, 1.807) is 24.4 Å². The van der Waals surface area contributed by atoms with Crippen LogP contribution in [-0.4, -0.2) is 25.1 Å². The number of hydrogen-bond donors (Lipinski definition) is 1. The quantitative estimate of drug-likeness (QED) is 0.614. The molecule has 0 aliphatic heterocycles. The highest BCUT2D eigenvalue weighted by Crippen LogP contribution is 2.25. The summed E-state index contributed by atoms with van der Waals surface area (Å²) in [6.07, 6.45) is 3.10. The molecule has 4 rings (SSSR count). The third kappa shape index (κ3) is 3.35. The molecule has 0 unspecified atom stereocenters. The van der Waals surface area contributed by atoms with Crippen LogP contribution < -0.4 is 4.74 Å². The van der Waals surface area contributed by atoms with Crippen LogP contribution in [0.5, 0.6) is 11.5 Å². The summed E-state index contributed by atoms with van der Waals surface area (Å²) in [6.45, 7) is 0. The Kier molecular flexibility index (Phi) is 3.88. The van der Waals surface area contributed by atoms with Crippen LogP contribution >= 0.6 is 0 Å². The molecule has 2 aromatic heterocycles. The van der Waals surface area contributed by atoms with E-state index in [9.17, 15) is 4.39 Å². The van der Waals surface area contributed by atoms with E-state index in [4.69, 9.17) is 4.74 Å². The third-order valence-electron chi connectivity index (χ3n) is 3.48. The SMILES string of the molecule is Fc1ccc(Oc2ccc(-c3nccc(-c4ncn[nH]4)n3)cc2)cc1. The van der Waals surface area contributed by atoms with Gasteiger partial charge in [-0.3, -0.25) is 5.10 Å². The maximum Gasteiger partial charge on any atom is 0.174 e. The van der Waals surface area contributed by atoms with Crippen molar-refractivity contribution < 1.29 is 9.13 Å². The van der Waals surface area contributed by atoms with Crippen LogP contribution in [0.25, 0.3) is 22.9 Å². The number of benzene rings is 2. The third-order valence-corrected chi connectivity index (χ3v) is 3.48. The van der Waals surface area contributed by atoms with Crippen LogP contribution in [0.3, 0.4) is 0 Å². The van der Waals surface area contributed by atoms with E-state index in [1.165, 1.54) is 18.5 Å². The molecule has 25 heavy (non-hydrogen) atoms. The number of nitrogens with one attached hydrogen (secondary N) is 1. The summed E-state index contributed by atoms with van der Waals surface area (Å²) in [7, 11) is 0. The van der Waals surface area contributed by atoms with Gasteiger partial charge in [0, 0.05) is 11.8 Å². The van der Waals surface area contributed by atoms with E-state index >= 15 is 0 Å². The van der Waals surface area contributed by atoms with Crippen molar-refractivity contribution in [3.05, 3.63) is 72.9 Å². The number of rotatable bonds is 4. The molecule has 2 heterocycles.